The van der Waals surface area contributed by atoms with Crippen molar-refractivity contribution in [3.05, 3.63) is 0 Å². The number of carbonyl (C=O) groups excluding carboxylic acids is 1. The third-order valence-corrected chi connectivity index (χ3v) is 5.87. The lowest BCUT2D eigenvalue weighted by molar-refractivity contribution is -0.140. The van der Waals surface area contributed by atoms with Crippen LogP contribution in [-0.4, -0.2) is 32.9 Å². The summed E-state index contributed by atoms with van der Waals surface area (Å²) in [6, 6.07) is 0. The molecule has 0 amide bonds. The molecule has 3 nitrogen and oxygen atoms in total. The lowest BCUT2D eigenvalue weighted by atomic mass is 10.3. The van der Waals surface area contributed by atoms with E-state index in [-0.39, 0.29) is 12.4 Å². The van der Waals surface area contributed by atoms with E-state index in [4.69, 9.17) is 0 Å². The van der Waals surface area contributed by atoms with E-state index >= 15 is 0 Å². The van der Waals surface area contributed by atoms with Gasteiger partial charge in [-0.3, -0.25) is 9.00 Å². The Labute approximate surface area is 78.7 Å². The lowest BCUT2D eigenvalue weighted by Gasteiger charge is -2.18. The molecule has 1 aliphatic rings. The van der Waals surface area contributed by atoms with Crippen LogP contribution in [0.4, 0.5) is 0 Å². The second kappa shape index (κ2) is 3.79. The first-order valence-electron chi connectivity index (χ1n) is 3.68. The molecule has 0 unspecified atom stereocenters. The zero-order valence-corrected chi connectivity index (χ0v) is 8.80. The number of thioether (sulfide) groups is 1. The number of carbonyl (C=O) groups is 1. The lowest BCUT2D eigenvalue weighted by Crippen LogP contribution is -2.26. The monoisotopic (exact) mass is 208 g/mol. The molecule has 12 heavy (non-hydrogen) atoms. The molecule has 2 atom stereocenters. The van der Waals surface area contributed by atoms with Gasteiger partial charge in [-0.2, -0.15) is 0 Å². The molecule has 1 heterocycles. The van der Waals surface area contributed by atoms with Gasteiger partial charge in [0.15, 0.2) is 0 Å². The molecule has 0 aromatic heterocycles. The molecule has 0 bridgehead atoms. The van der Waals surface area contributed by atoms with Gasteiger partial charge in [0.05, 0.1) is 17.6 Å². The molecule has 0 saturated carbocycles. The minimum atomic E-state index is -0.886. The maximum absolute atomic E-state index is 11.4. The molecule has 0 aromatic rings. The average molecular weight is 208 g/mol. The Morgan fingerprint density at radius 1 is 1.75 bits per heavy atom. The molecule has 0 spiro atoms. The molecular weight excluding hydrogens is 196 g/mol. The summed E-state index contributed by atoms with van der Waals surface area (Å²) in [6.45, 7) is 1.86. The predicted octanol–water partition coefficient (Wildman–Crippen LogP) is 0.761. The zero-order valence-electron chi connectivity index (χ0n) is 7.16. The van der Waals surface area contributed by atoms with E-state index < -0.39 is 14.9 Å². The van der Waals surface area contributed by atoms with Crippen molar-refractivity contribution in [1.29, 1.82) is 0 Å². The summed E-state index contributed by atoms with van der Waals surface area (Å²) >= 11 is 1.60. The number of ether oxygens (including phenoxy) is 1. The Morgan fingerprint density at radius 3 is 2.83 bits per heavy atom. The van der Waals surface area contributed by atoms with Crippen LogP contribution in [0.2, 0.25) is 0 Å². The first-order valence-corrected chi connectivity index (χ1v) is 5.98. The van der Waals surface area contributed by atoms with Crippen LogP contribution in [0.3, 0.4) is 0 Å². The van der Waals surface area contributed by atoms with Crippen molar-refractivity contribution in [3.8, 4) is 0 Å². The molecule has 0 aliphatic carbocycles. The van der Waals surface area contributed by atoms with E-state index in [0.717, 1.165) is 5.75 Å². The van der Waals surface area contributed by atoms with Gasteiger partial charge < -0.3 is 4.74 Å². The quantitative estimate of drug-likeness (QED) is 0.628. The fourth-order valence-electron chi connectivity index (χ4n) is 1.08. The van der Waals surface area contributed by atoms with E-state index in [9.17, 15) is 9.00 Å². The van der Waals surface area contributed by atoms with Crippen molar-refractivity contribution in [2.75, 3.05) is 18.6 Å². The van der Waals surface area contributed by atoms with Gasteiger partial charge in [-0.1, -0.05) is 0 Å². The van der Waals surface area contributed by atoms with Crippen LogP contribution in [0, 0.1) is 0 Å². The summed E-state index contributed by atoms with van der Waals surface area (Å²) in [5, 5.41) is 0. The minimum Gasteiger partial charge on any atom is -0.469 e. The Kier molecular flexibility index (Phi) is 3.17. The highest BCUT2D eigenvalue weighted by Gasteiger charge is 2.39. The molecule has 0 N–H and O–H groups in total. The summed E-state index contributed by atoms with van der Waals surface area (Å²) < 4.78 is 15.6. The Bertz CT molecular complexity index is 217. The normalized spacial score (nSPS) is 35.0. The average Bonchev–Trinajstić information content (AvgIpc) is 2.32. The first-order chi connectivity index (χ1) is 5.58. The standard InChI is InChI=1S/C7H12O3S2/c1-7(5-6(8)10-2)11-3-4-12(7)9/h3-5H2,1-2H3/t7-,12+/m1/s1. The number of hydrogen-bond donors (Lipinski definition) is 0. The van der Waals surface area contributed by atoms with Crippen molar-refractivity contribution in [3.63, 3.8) is 0 Å². The van der Waals surface area contributed by atoms with Crippen molar-refractivity contribution in [2.45, 2.75) is 17.4 Å². The van der Waals surface area contributed by atoms with Crippen LogP contribution in [0.25, 0.3) is 0 Å². The second-order valence-corrected chi connectivity index (χ2v) is 6.64. The molecule has 1 fully saturated rings. The predicted molar refractivity (Wildman–Crippen MR) is 50.5 cm³/mol. The summed E-state index contributed by atoms with van der Waals surface area (Å²) in [5.41, 5.74) is 0. The smallest absolute Gasteiger partial charge is 0.307 e. The van der Waals surface area contributed by atoms with E-state index in [1.54, 1.807) is 11.8 Å². The highest BCUT2D eigenvalue weighted by Crippen LogP contribution is 2.38. The van der Waals surface area contributed by atoms with Gasteiger partial charge in [0.1, 0.15) is 0 Å². The number of methoxy groups -OCH3 is 1. The SMILES string of the molecule is COC(=O)C[C@]1(C)SCC[S@@]1=O. The maximum atomic E-state index is 11.4. The number of esters is 1. The van der Waals surface area contributed by atoms with Gasteiger partial charge in [0.2, 0.25) is 0 Å². The summed E-state index contributed by atoms with van der Waals surface area (Å²) in [6.07, 6.45) is 0.251. The summed E-state index contributed by atoms with van der Waals surface area (Å²) in [5.74, 6) is 1.29. The van der Waals surface area contributed by atoms with E-state index in [0.29, 0.717) is 5.75 Å². The number of rotatable bonds is 2. The van der Waals surface area contributed by atoms with Crippen LogP contribution in [0.5, 0.6) is 0 Å². The van der Waals surface area contributed by atoms with Gasteiger partial charge in [0, 0.05) is 22.3 Å². The van der Waals surface area contributed by atoms with Crippen LogP contribution >= 0.6 is 11.8 Å². The third-order valence-electron chi connectivity index (χ3n) is 1.85. The van der Waals surface area contributed by atoms with Crippen molar-refractivity contribution >= 4 is 28.5 Å². The Hall–Kier alpha value is -0.0300. The van der Waals surface area contributed by atoms with Crippen LogP contribution in [0.1, 0.15) is 13.3 Å². The van der Waals surface area contributed by atoms with Crippen molar-refractivity contribution in [1.82, 2.24) is 0 Å². The molecule has 0 aromatic carbocycles. The van der Waals surface area contributed by atoms with E-state index in [1.165, 1.54) is 7.11 Å². The molecule has 1 saturated heterocycles. The van der Waals surface area contributed by atoms with Gasteiger partial charge in [-0.05, 0) is 6.92 Å². The van der Waals surface area contributed by atoms with E-state index in [2.05, 4.69) is 4.74 Å². The molecule has 5 heteroatoms. The highest BCUT2D eigenvalue weighted by atomic mass is 32.2. The van der Waals surface area contributed by atoms with Crippen LogP contribution in [-0.2, 0) is 20.3 Å². The molecule has 1 rings (SSSR count). The largest absolute Gasteiger partial charge is 0.469 e. The molecule has 0 radical (unpaired) electrons. The summed E-state index contributed by atoms with van der Waals surface area (Å²) in [7, 11) is 0.469. The third kappa shape index (κ3) is 2.01. The van der Waals surface area contributed by atoms with Gasteiger partial charge in [-0.15, -0.1) is 11.8 Å². The van der Waals surface area contributed by atoms with Crippen molar-refractivity contribution < 1.29 is 13.7 Å². The Morgan fingerprint density at radius 2 is 2.42 bits per heavy atom. The fourth-order valence-corrected chi connectivity index (χ4v) is 4.41. The van der Waals surface area contributed by atoms with E-state index in [1.807, 2.05) is 6.92 Å². The number of hydrogen-bond acceptors (Lipinski definition) is 4. The first kappa shape index (κ1) is 10.1. The van der Waals surface area contributed by atoms with Crippen molar-refractivity contribution in [2.24, 2.45) is 0 Å². The summed E-state index contributed by atoms with van der Waals surface area (Å²) in [4.78, 5) is 10.9. The zero-order chi connectivity index (χ0) is 9.19. The van der Waals surface area contributed by atoms with Gasteiger partial charge in [0.25, 0.3) is 0 Å². The second-order valence-electron chi connectivity index (χ2n) is 2.78. The minimum absolute atomic E-state index is 0.251. The molecule has 70 valence electrons. The topological polar surface area (TPSA) is 43.4 Å². The van der Waals surface area contributed by atoms with Gasteiger partial charge >= 0.3 is 5.97 Å². The maximum Gasteiger partial charge on any atom is 0.307 e. The molecule has 1 aliphatic heterocycles. The highest BCUT2D eigenvalue weighted by molar-refractivity contribution is 8.15. The fraction of sp³-hybridized carbons (Fsp3) is 0.857. The van der Waals surface area contributed by atoms with Gasteiger partial charge in [-0.25, -0.2) is 0 Å². The van der Waals surface area contributed by atoms with Crippen LogP contribution in [0.15, 0.2) is 0 Å². The molecular formula is C7H12O3S2. The Balaban J connectivity index is 2.59. The van der Waals surface area contributed by atoms with Crippen LogP contribution < -0.4 is 0 Å².